The van der Waals surface area contributed by atoms with Gasteiger partial charge in [-0.1, -0.05) is 0 Å². The highest BCUT2D eigenvalue weighted by Gasteiger charge is 2.25. The highest BCUT2D eigenvalue weighted by molar-refractivity contribution is 5.97. The van der Waals surface area contributed by atoms with E-state index >= 15 is 0 Å². The molecule has 0 radical (unpaired) electrons. The Balaban J connectivity index is 1.96. The van der Waals surface area contributed by atoms with Gasteiger partial charge in [0.25, 0.3) is 0 Å². The van der Waals surface area contributed by atoms with Crippen molar-refractivity contribution in [1.29, 1.82) is 0 Å². The van der Waals surface area contributed by atoms with E-state index in [1.54, 1.807) is 0 Å². The van der Waals surface area contributed by atoms with Crippen LogP contribution in [0.25, 0.3) is 0 Å². The number of hydrogen-bond acceptors (Lipinski definition) is 2. The van der Waals surface area contributed by atoms with Crippen LogP contribution in [0.1, 0.15) is 25.0 Å². The lowest BCUT2D eigenvalue weighted by atomic mass is 10.1. The smallest absolute Gasteiger partial charge is 0.229 e. The molecule has 1 aromatic heterocycles. The van der Waals surface area contributed by atoms with Gasteiger partial charge in [-0.2, -0.15) is 0 Å². The first kappa shape index (κ1) is 10.9. The second kappa shape index (κ2) is 4.51. The SMILES string of the molecule is Cn1cccc1CCN1C(=O)CCCC1=O. The summed E-state index contributed by atoms with van der Waals surface area (Å²) >= 11 is 0. The number of hydrogen-bond donors (Lipinski definition) is 0. The van der Waals surface area contributed by atoms with Crippen LogP contribution in [0.4, 0.5) is 0 Å². The lowest BCUT2D eigenvalue weighted by Gasteiger charge is -2.24. The maximum atomic E-state index is 11.5. The van der Waals surface area contributed by atoms with Gasteiger partial charge < -0.3 is 4.57 Å². The van der Waals surface area contributed by atoms with Crippen LogP contribution in [0.15, 0.2) is 18.3 Å². The summed E-state index contributed by atoms with van der Waals surface area (Å²) in [5.74, 6) is -0.0454. The lowest BCUT2D eigenvalue weighted by molar-refractivity contribution is -0.147. The van der Waals surface area contributed by atoms with Crippen LogP contribution in [0.5, 0.6) is 0 Å². The third-order valence-electron chi connectivity index (χ3n) is 3.03. The average molecular weight is 220 g/mol. The second-order valence-electron chi connectivity index (χ2n) is 4.15. The molecule has 0 aromatic carbocycles. The van der Waals surface area contributed by atoms with Crippen LogP contribution in [0.3, 0.4) is 0 Å². The first-order valence-corrected chi connectivity index (χ1v) is 5.62. The van der Waals surface area contributed by atoms with E-state index < -0.39 is 0 Å². The molecule has 1 saturated heterocycles. The van der Waals surface area contributed by atoms with Gasteiger partial charge in [-0.3, -0.25) is 14.5 Å². The first-order chi connectivity index (χ1) is 7.68. The summed E-state index contributed by atoms with van der Waals surface area (Å²) in [6, 6.07) is 3.98. The van der Waals surface area contributed by atoms with E-state index in [-0.39, 0.29) is 11.8 Å². The summed E-state index contributed by atoms with van der Waals surface area (Å²) in [5, 5.41) is 0. The summed E-state index contributed by atoms with van der Waals surface area (Å²) in [7, 11) is 1.97. The number of aromatic nitrogens is 1. The zero-order valence-electron chi connectivity index (χ0n) is 9.48. The second-order valence-corrected chi connectivity index (χ2v) is 4.15. The van der Waals surface area contributed by atoms with E-state index in [9.17, 15) is 9.59 Å². The van der Waals surface area contributed by atoms with E-state index in [0.29, 0.717) is 25.8 Å². The number of imide groups is 1. The number of aryl methyl sites for hydroxylation is 1. The standard InChI is InChI=1S/C12H16N2O2/c1-13-8-3-4-10(13)7-9-14-11(15)5-2-6-12(14)16/h3-4,8H,2,5-7,9H2,1H3. The number of likely N-dealkylation sites (tertiary alicyclic amines) is 1. The molecule has 16 heavy (non-hydrogen) atoms. The van der Waals surface area contributed by atoms with Gasteiger partial charge in [0.05, 0.1) is 0 Å². The molecule has 0 bridgehead atoms. The minimum absolute atomic E-state index is 0.0227. The molecular formula is C12H16N2O2. The third-order valence-corrected chi connectivity index (χ3v) is 3.03. The van der Waals surface area contributed by atoms with Crippen molar-refractivity contribution < 1.29 is 9.59 Å². The van der Waals surface area contributed by atoms with E-state index in [1.807, 2.05) is 29.9 Å². The number of rotatable bonds is 3. The highest BCUT2D eigenvalue weighted by Crippen LogP contribution is 2.13. The first-order valence-electron chi connectivity index (χ1n) is 5.62. The van der Waals surface area contributed by atoms with Crippen molar-refractivity contribution in [2.45, 2.75) is 25.7 Å². The zero-order chi connectivity index (χ0) is 11.5. The summed E-state index contributed by atoms with van der Waals surface area (Å²) in [6.07, 6.45) is 4.44. The predicted molar refractivity (Wildman–Crippen MR) is 59.7 cm³/mol. The van der Waals surface area contributed by atoms with Crippen molar-refractivity contribution in [1.82, 2.24) is 9.47 Å². The molecule has 86 valence electrons. The van der Waals surface area contributed by atoms with Gasteiger partial charge in [0, 0.05) is 44.7 Å². The minimum Gasteiger partial charge on any atom is -0.354 e. The molecule has 0 aliphatic carbocycles. The van der Waals surface area contributed by atoms with Crippen molar-refractivity contribution in [3.05, 3.63) is 24.0 Å². The number of carbonyl (C=O) groups excluding carboxylic acids is 2. The average Bonchev–Trinajstić information content (AvgIpc) is 2.64. The van der Waals surface area contributed by atoms with Crippen molar-refractivity contribution >= 4 is 11.8 Å². The largest absolute Gasteiger partial charge is 0.354 e. The van der Waals surface area contributed by atoms with Crippen LogP contribution in [0, 0.1) is 0 Å². The van der Waals surface area contributed by atoms with E-state index in [1.165, 1.54) is 4.90 Å². The Hall–Kier alpha value is -1.58. The maximum Gasteiger partial charge on any atom is 0.229 e. The molecule has 1 aromatic rings. The highest BCUT2D eigenvalue weighted by atomic mass is 16.2. The molecule has 1 fully saturated rings. The van der Waals surface area contributed by atoms with E-state index in [0.717, 1.165) is 12.1 Å². The Bertz CT molecular complexity index is 393. The molecule has 0 saturated carbocycles. The molecule has 0 N–H and O–H groups in total. The van der Waals surface area contributed by atoms with Gasteiger partial charge in [0.15, 0.2) is 0 Å². The lowest BCUT2D eigenvalue weighted by Crippen LogP contribution is -2.41. The van der Waals surface area contributed by atoms with E-state index in [4.69, 9.17) is 0 Å². The van der Waals surface area contributed by atoms with Gasteiger partial charge in [-0.05, 0) is 18.6 Å². The minimum atomic E-state index is -0.0227. The number of piperidine rings is 1. The zero-order valence-corrected chi connectivity index (χ0v) is 9.48. The Kier molecular flexibility index (Phi) is 3.08. The van der Waals surface area contributed by atoms with Gasteiger partial charge in [0.2, 0.25) is 11.8 Å². The third kappa shape index (κ3) is 2.15. The van der Waals surface area contributed by atoms with Gasteiger partial charge >= 0.3 is 0 Å². The van der Waals surface area contributed by atoms with Crippen LogP contribution in [0.2, 0.25) is 0 Å². The molecule has 2 amide bonds. The van der Waals surface area contributed by atoms with Gasteiger partial charge in [0.1, 0.15) is 0 Å². The van der Waals surface area contributed by atoms with Gasteiger partial charge in [-0.15, -0.1) is 0 Å². The van der Waals surface area contributed by atoms with Crippen LogP contribution in [-0.2, 0) is 23.1 Å². The van der Waals surface area contributed by atoms with Crippen LogP contribution >= 0.6 is 0 Å². The van der Waals surface area contributed by atoms with Gasteiger partial charge in [-0.25, -0.2) is 0 Å². The molecule has 1 aliphatic heterocycles. The Morgan fingerprint density at radius 2 is 1.94 bits per heavy atom. The maximum absolute atomic E-state index is 11.5. The molecule has 1 aliphatic rings. The molecule has 4 nitrogen and oxygen atoms in total. The van der Waals surface area contributed by atoms with Crippen molar-refractivity contribution in [2.24, 2.45) is 7.05 Å². The molecule has 0 unspecified atom stereocenters. The quantitative estimate of drug-likeness (QED) is 0.716. The predicted octanol–water partition coefficient (Wildman–Crippen LogP) is 1.11. The summed E-state index contributed by atoms with van der Waals surface area (Å²) < 4.78 is 2.01. The van der Waals surface area contributed by atoms with Crippen molar-refractivity contribution in [3.63, 3.8) is 0 Å². The number of nitrogens with zero attached hydrogens (tertiary/aromatic N) is 2. The van der Waals surface area contributed by atoms with Crippen LogP contribution in [-0.4, -0.2) is 27.8 Å². The molecule has 2 heterocycles. The Labute approximate surface area is 94.8 Å². The number of carbonyl (C=O) groups is 2. The van der Waals surface area contributed by atoms with Crippen molar-refractivity contribution in [2.75, 3.05) is 6.54 Å². The van der Waals surface area contributed by atoms with Crippen LogP contribution < -0.4 is 0 Å². The Morgan fingerprint density at radius 3 is 2.50 bits per heavy atom. The fourth-order valence-corrected chi connectivity index (χ4v) is 2.03. The topological polar surface area (TPSA) is 42.3 Å². The normalized spacial score (nSPS) is 16.9. The molecule has 4 heteroatoms. The molecule has 0 spiro atoms. The van der Waals surface area contributed by atoms with E-state index in [2.05, 4.69) is 0 Å². The summed E-state index contributed by atoms with van der Waals surface area (Å²) in [5.41, 5.74) is 1.14. The molecular weight excluding hydrogens is 204 g/mol. The fourth-order valence-electron chi connectivity index (χ4n) is 2.03. The number of amides is 2. The Morgan fingerprint density at radius 1 is 1.25 bits per heavy atom. The van der Waals surface area contributed by atoms with Crippen molar-refractivity contribution in [3.8, 4) is 0 Å². The fraction of sp³-hybridized carbons (Fsp3) is 0.500. The molecule has 0 atom stereocenters. The molecule has 2 rings (SSSR count). The monoisotopic (exact) mass is 220 g/mol. The summed E-state index contributed by atoms with van der Waals surface area (Å²) in [6.45, 7) is 0.509. The summed E-state index contributed by atoms with van der Waals surface area (Å²) in [4.78, 5) is 24.5.